The van der Waals surface area contributed by atoms with Gasteiger partial charge >= 0.3 is 0 Å². The molecule has 0 heterocycles. The summed E-state index contributed by atoms with van der Waals surface area (Å²) in [6, 6.07) is 7.62. The Kier molecular flexibility index (Phi) is 15.4. The Morgan fingerprint density at radius 2 is 1.35 bits per heavy atom. The zero-order chi connectivity index (χ0) is 18.3. The minimum absolute atomic E-state index is 0.0239. The van der Waals surface area contributed by atoms with Crippen molar-refractivity contribution in [3.8, 4) is 0 Å². The van der Waals surface area contributed by atoms with Crippen LogP contribution in [0, 0.1) is 6.92 Å². The van der Waals surface area contributed by atoms with Gasteiger partial charge in [0.2, 0.25) is 0 Å². The number of rotatable bonds is 2. The molecule has 0 spiro atoms. The van der Waals surface area contributed by atoms with Crippen LogP contribution >= 0.6 is 0 Å². The van der Waals surface area contributed by atoms with E-state index in [1.807, 2.05) is 78.8 Å². The van der Waals surface area contributed by atoms with Crippen LogP contribution < -0.4 is 5.32 Å². The first kappa shape index (κ1) is 23.4. The Morgan fingerprint density at radius 3 is 1.78 bits per heavy atom. The average Bonchev–Trinajstić information content (AvgIpc) is 2.63. The number of allylic oxidation sites excluding steroid dienone is 4. The molecule has 0 atom stereocenters. The number of aryl methyl sites for hydroxylation is 1. The van der Waals surface area contributed by atoms with Crippen LogP contribution in [0.5, 0.6) is 0 Å². The van der Waals surface area contributed by atoms with Crippen LogP contribution in [0.1, 0.15) is 77.2 Å². The maximum Gasteiger partial charge on any atom is 0.255 e. The second-order valence-corrected chi connectivity index (χ2v) is 4.53. The van der Waals surface area contributed by atoms with Crippen molar-refractivity contribution in [2.45, 2.75) is 68.2 Å². The first-order chi connectivity index (χ1) is 11.1. The van der Waals surface area contributed by atoms with Crippen molar-refractivity contribution in [3.63, 3.8) is 0 Å². The summed E-state index contributed by atoms with van der Waals surface area (Å²) in [4.78, 5) is 11.9. The van der Waals surface area contributed by atoms with Gasteiger partial charge in [0.15, 0.2) is 0 Å². The third-order valence-electron chi connectivity index (χ3n) is 2.95. The maximum atomic E-state index is 11.9. The minimum atomic E-state index is -0.0239. The normalized spacial score (nSPS) is 11.8. The quantitative estimate of drug-likeness (QED) is 0.669. The van der Waals surface area contributed by atoms with Gasteiger partial charge in [-0.05, 0) is 44.9 Å². The van der Waals surface area contributed by atoms with Gasteiger partial charge in [-0.1, -0.05) is 70.9 Å². The van der Waals surface area contributed by atoms with Gasteiger partial charge in [-0.3, -0.25) is 4.79 Å². The van der Waals surface area contributed by atoms with Gasteiger partial charge in [0.1, 0.15) is 0 Å². The van der Waals surface area contributed by atoms with Crippen molar-refractivity contribution < 1.29 is 4.79 Å². The second kappa shape index (κ2) is 15.1. The highest BCUT2D eigenvalue weighted by atomic mass is 16.1. The second-order valence-electron chi connectivity index (χ2n) is 4.53. The molecule has 2 rings (SSSR count). The van der Waals surface area contributed by atoms with Crippen LogP contribution in [0.3, 0.4) is 0 Å². The predicted octanol–water partition coefficient (Wildman–Crippen LogP) is 6.43. The number of nitrogens with one attached hydrogen (secondary N) is 1. The average molecular weight is 318 g/mol. The van der Waals surface area contributed by atoms with Crippen LogP contribution in [0.2, 0.25) is 0 Å². The molecule has 0 fully saturated rings. The summed E-state index contributed by atoms with van der Waals surface area (Å²) in [6.45, 7) is 16.1. The van der Waals surface area contributed by atoms with E-state index in [0.717, 1.165) is 24.1 Å². The van der Waals surface area contributed by atoms with Gasteiger partial charge in [0.05, 0.1) is 0 Å². The minimum Gasteiger partial charge on any atom is -0.326 e. The van der Waals surface area contributed by atoms with Gasteiger partial charge < -0.3 is 5.32 Å². The Balaban J connectivity index is 0. The van der Waals surface area contributed by atoms with Gasteiger partial charge in [-0.25, -0.2) is 0 Å². The highest BCUT2D eigenvalue weighted by molar-refractivity contribution is 5.95. The van der Waals surface area contributed by atoms with Crippen molar-refractivity contribution in [2.24, 2.45) is 0 Å². The summed E-state index contributed by atoms with van der Waals surface area (Å²) in [5.41, 5.74) is 4.24. The van der Waals surface area contributed by atoms with E-state index in [2.05, 4.69) is 18.3 Å². The van der Waals surface area contributed by atoms with Crippen molar-refractivity contribution in [1.82, 2.24) is 5.32 Å². The molecule has 0 unspecified atom stereocenters. The van der Waals surface area contributed by atoms with E-state index in [4.69, 9.17) is 0 Å². The van der Waals surface area contributed by atoms with Crippen LogP contribution in [0.25, 0.3) is 0 Å². The molecule has 0 bridgehead atoms. The summed E-state index contributed by atoms with van der Waals surface area (Å²) >= 11 is 0. The van der Waals surface area contributed by atoms with Gasteiger partial charge in [-0.2, -0.15) is 0 Å². The van der Waals surface area contributed by atoms with Crippen molar-refractivity contribution >= 4 is 5.91 Å². The lowest BCUT2D eigenvalue weighted by molar-refractivity contribution is 0.0964. The topological polar surface area (TPSA) is 29.1 Å². The number of benzene rings is 1. The Bertz CT molecular complexity index is 481. The summed E-state index contributed by atoms with van der Waals surface area (Å²) in [7, 11) is 0. The number of hydrogen-bond donors (Lipinski definition) is 1. The van der Waals surface area contributed by atoms with Crippen molar-refractivity contribution in [2.75, 3.05) is 0 Å². The molecule has 0 radical (unpaired) electrons. The van der Waals surface area contributed by atoms with Crippen LogP contribution in [-0.4, -0.2) is 5.91 Å². The van der Waals surface area contributed by atoms with E-state index in [1.54, 1.807) is 0 Å². The van der Waals surface area contributed by atoms with E-state index in [1.165, 1.54) is 5.57 Å². The van der Waals surface area contributed by atoms with E-state index < -0.39 is 0 Å². The van der Waals surface area contributed by atoms with Gasteiger partial charge in [0, 0.05) is 11.3 Å². The van der Waals surface area contributed by atoms with Crippen molar-refractivity contribution in [3.05, 3.63) is 58.8 Å². The third-order valence-corrected chi connectivity index (χ3v) is 2.95. The molecule has 2 nitrogen and oxygen atoms in total. The lowest BCUT2D eigenvalue weighted by Gasteiger charge is -2.13. The molecule has 0 saturated carbocycles. The SMILES string of the molecule is CC.CC.CC.CC1=CC=C(NC(=O)c2ccc(C)cc2)CC1. The highest BCUT2D eigenvalue weighted by Crippen LogP contribution is 2.16. The largest absolute Gasteiger partial charge is 0.326 e. The zero-order valence-electron chi connectivity index (χ0n) is 16.3. The fourth-order valence-corrected chi connectivity index (χ4v) is 1.77. The summed E-state index contributed by atoms with van der Waals surface area (Å²) in [6.07, 6.45) is 6.00. The molecule has 0 saturated heterocycles. The summed E-state index contributed by atoms with van der Waals surface area (Å²) in [5.74, 6) is -0.0239. The number of carbonyl (C=O) groups excluding carboxylic acids is 1. The Hall–Kier alpha value is -1.83. The molecule has 1 aromatic carbocycles. The molecule has 0 aromatic heterocycles. The molecule has 2 heteroatoms. The van der Waals surface area contributed by atoms with E-state index >= 15 is 0 Å². The molecule has 1 aliphatic rings. The molecule has 1 aromatic rings. The molecule has 23 heavy (non-hydrogen) atoms. The molecule has 0 aliphatic heterocycles. The number of hydrogen-bond acceptors (Lipinski definition) is 1. The Morgan fingerprint density at radius 1 is 0.826 bits per heavy atom. The maximum absolute atomic E-state index is 11.9. The van der Waals surface area contributed by atoms with Crippen LogP contribution in [-0.2, 0) is 0 Å². The Labute approximate surface area is 143 Å². The van der Waals surface area contributed by atoms with Gasteiger partial charge in [-0.15, -0.1) is 0 Å². The smallest absolute Gasteiger partial charge is 0.255 e. The monoisotopic (exact) mass is 317 g/mol. The van der Waals surface area contributed by atoms with Crippen molar-refractivity contribution in [1.29, 1.82) is 0 Å². The fraction of sp³-hybridized carbons (Fsp3) is 0.476. The van der Waals surface area contributed by atoms with Gasteiger partial charge in [0.25, 0.3) is 5.91 Å². The van der Waals surface area contributed by atoms with E-state index in [9.17, 15) is 4.79 Å². The van der Waals surface area contributed by atoms with Crippen LogP contribution in [0.4, 0.5) is 0 Å². The molecule has 1 aliphatic carbocycles. The lowest BCUT2D eigenvalue weighted by atomic mass is 10.0. The predicted molar refractivity (Wildman–Crippen MR) is 104 cm³/mol. The molecular formula is C21H35NO. The van der Waals surface area contributed by atoms with E-state index in [-0.39, 0.29) is 5.91 Å². The first-order valence-electron chi connectivity index (χ1n) is 8.89. The lowest BCUT2D eigenvalue weighted by Crippen LogP contribution is -2.23. The van der Waals surface area contributed by atoms with E-state index in [0.29, 0.717) is 5.56 Å². The molecule has 1 N–H and O–H groups in total. The standard InChI is InChI=1S/C15H17NO.3C2H6/c1-11-3-7-13(8-4-11)15(17)16-14-9-5-12(2)6-10-14;3*1-2/h3-5,7-9H,6,10H2,1-2H3,(H,16,17);3*1-2H3. The summed E-state index contributed by atoms with van der Waals surface area (Å²) in [5, 5.41) is 2.95. The number of amides is 1. The molecular weight excluding hydrogens is 282 g/mol. The summed E-state index contributed by atoms with van der Waals surface area (Å²) < 4.78 is 0. The zero-order valence-corrected chi connectivity index (χ0v) is 16.3. The molecule has 130 valence electrons. The van der Waals surface area contributed by atoms with Crippen LogP contribution in [0.15, 0.2) is 47.7 Å². The highest BCUT2D eigenvalue weighted by Gasteiger charge is 2.09. The fourth-order valence-electron chi connectivity index (χ4n) is 1.77. The third kappa shape index (κ3) is 9.72. The molecule has 1 amide bonds. The first-order valence-corrected chi connectivity index (χ1v) is 8.89. The number of carbonyl (C=O) groups is 1.